The molecule has 0 aromatic heterocycles. The summed E-state index contributed by atoms with van der Waals surface area (Å²) in [5, 5.41) is 0. The average molecular weight is 298 g/mol. The first-order chi connectivity index (χ1) is 9.74. The Labute approximate surface area is 133 Å². The van der Waals surface area contributed by atoms with Gasteiger partial charge in [0.05, 0.1) is 0 Å². The van der Waals surface area contributed by atoms with Crippen LogP contribution in [0.3, 0.4) is 0 Å². The number of nitrogens with two attached hydrogens (primary N) is 1. The fraction of sp³-hybridized carbons (Fsp3) is 1.00. The van der Waals surface area contributed by atoms with Crippen molar-refractivity contribution in [3.05, 3.63) is 0 Å². The molecule has 0 aliphatic heterocycles. The van der Waals surface area contributed by atoms with Gasteiger partial charge in [-0.05, 0) is 63.6 Å². The predicted octanol–water partition coefficient (Wildman–Crippen LogP) is 3.05. The van der Waals surface area contributed by atoms with Crippen molar-refractivity contribution in [3.8, 4) is 0 Å². The first-order valence-corrected chi connectivity index (χ1v) is 8.86. The Morgan fingerprint density at radius 3 is 2.24 bits per heavy atom. The summed E-state index contributed by atoms with van der Waals surface area (Å²) in [7, 11) is 4.32. The first kappa shape index (κ1) is 18.9. The highest BCUT2D eigenvalue weighted by atomic mass is 15.2. The molecule has 0 heterocycles. The topological polar surface area (TPSA) is 32.5 Å². The van der Waals surface area contributed by atoms with Crippen LogP contribution in [0.15, 0.2) is 0 Å². The Kier molecular flexibility index (Phi) is 7.66. The number of likely N-dealkylation sites (N-methyl/N-ethyl adjacent to an activating group) is 1. The second-order valence-electron chi connectivity index (χ2n) is 8.40. The van der Waals surface area contributed by atoms with Crippen molar-refractivity contribution in [2.75, 3.05) is 40.3 Å². The normalized spacial score (nSPS) is 27.6. The summed E-state index contributed by atoms with van der Waals surface area (Å²) in [4.78, 5) is 4.91. The molecule has 0 amide bonds. The largest absolute Gasteiger partial charge is 0.327 e. The van der Waals surface area contributed by atoms with Gasteiger partial charge in [-0.25, -0.2) is 0 Å². The highest BCUT2D eigenvalue weighted by Crippen LogP contribution is 2.40. The molecular weight excluding hydrogens is 258 g/mol. The summed E-state index contributed by atoms with van der Waals surface area (Å²) in [6, 6.07) is 0.405. The van der Waals surface area contributed by atoms with Gasteiger partial charge >= 0.3 is 0 Å². The molecule has 3 atom stereocenters. The third-order valence-electron chi connectivity index (χ3n) is 5.16. The van der Waals surface area contributed by atoms with Crippen molar-refractivity contribution in [2.24, 2.45) is 23.0 Å². The van der Waals surface area contributed by atoms with Crippen LogP contribution in [0.25, 0.3) is 0 Å². The summed E-state index contributed by atoms with van der Waals surface area (Å²) in [5.41, 5.74) is 6.88. The fourth-order valence-electron chi connectivity index (χ4n) is 3.57. The van der Waals surface area contributed by atoms with Gasteiger partial charge in [0.1, 0.15) is 0 Å². The number of nitrogens with zero attached hydrogens (tertiary/aromatic N) is 2. The van der Waals surface area contributed by atoms with Gasteiger partial charge in [0, 0.05) is 25.7 Å². The molecule has 1 fully saturated rings. The highest BCUT2D eigenvalue weighted by molar-refractivity contribution is 4.88. The average Bonchev–Trinajstić information content (AvgIpc) is 2.37. The predicted molar refractivity (Wildman–Crippen MR) is 93.5 cm³/mol. The van der Waals surface area contributed by atoms with Gasteiger partial charge in [0.15, 0.2) is 0 Å². The first-order valence-electron chi connectivity index (χ1n) is 8.86. The molecule has 0 aromatic carbocycles. The van der Waals surface area contributed by atoms with Crippen molar-refractivity contribution < 1.29 is 0 Å². The number of hydrogen-bond donors (Lipinski definition) is 1. The molecule has 21 heavy (non-hydrogen) atoms. The lowest BCUT2D eigenvalue weighted by molar-refractivity contribution is 0.0965. The standard InChI is InChI=1S/C18H39N3/c1-7-10-21(12-11-20(5)6)14-15-13-16(18(2,3)4)8-9-17(15)19/h15-17H,7-14,19H2,1-6H3. The van der Waals surface area contributed by atoms with Gasteiger partial charge < -0.3 is 15.5 Å². The minimum absolute atomic E-state index is 0.405. The zero-order valence-electron chi connectivity index (χ0n) is 15.4. The Bertz CT molecular complexity index is 283. The molecule has 1 rings (SSSR count). The summed E-state index contributed by atoms with van der Waals surface area (Å²) in [6.45, 7) is 14.2. The van der Waals surface area contributed by atoms with Gasteiger partial charge in [0.25, 0.3) is 0 Å². The van der Waals surface area contributed by atoms with Crippen LogP contribution < -0.4 is 5.73 Å². The van der Waals surface area contributed by atoms with E-state index in [4.69, 9.17) is 5.73 Å². The lowest BCUT2D eigenvalue weighted by Gasteiger charge is -2.42. The molecule has 0 spiro atoms. The van der Waals surface area contributed by atoms with Crippen LogP contribution >= 0.6 is 0 Å². The maximum atomic E-state index is 6.45. The van der Waals surface area contributed by atoms with E-state index in [0.717, 1.165) is 12.5 Å². The Hall–Kier alpha value is -0.120. The monoisotopic (exact) mass is 297 g/mol. The van der Waals surface area contributed by atoms with Gasteiger partial charge in [-0.3, -0.25) is 0 Å². The Balaban J connectivity index is 2.58. The molecule has 2 N–H and O–H groups in total. The quantitative estimate of drug-likeness (QED) is 0.784. The van der Waals surface area contributed by atoms with Crippen LogP contribution in [0.1, 0.15) is 53.4 Å². The molecule has 1 aliphatic carbocycles. The number of hydrogen-bond acceptors (Lipinski definition) is 3. The smallest absolute Gasteiger partial charge is 0.0109 e. The molecule has 3 nitrogen and oxygen atoms in total. The molecule has 0 aromatic rings. The van der Waals surface area contributed by atoms with E-state index in [2.05, 4.69) is 51.6 Å². The van der Waals surface area contributed by atoms with E-state index < -0.39 is 0 Å². The summed E-state index contributed by atoms with van der Waals surface area (Å²) in [6.07, 6.45) is 5.07. The lowest BCUT2D eigenvalue weighted by Crippen LogP contribution is -2.46. The van der Waals surface area contributed by atoms with Crippen LogP contribution in [0.5, 0.6) is 0 Å². The third-order valence-corrected chi connectivity index (χ3v) is 5.16. The molecule has 126 valence electrons. The molecule has 3 heteroatoms. The SMILES string of the molecule is CCCN(CCN(C)C)CC1CC(C(C)(C)C)CCC1N. The van der Waals surface area contributed by atoms with Crippen molar-refractivity contribution in [1.82, 2.24) is 9.80 Å². The van der Waals surface area contributed by atoms with Crippen LogP contribution in [-0.4, -0.2) is 56.1 Å². The molecule has 0 saturated heterocycles. The second-order valence-corrected chi connectivity index (χ2v) is 8.40. The molecule has 0 bridgehead atoms. The van der Waals surface area contributed by atoms with E-state index >= 15 is 0 Å². The van der Waals surface area contributed by atoms with E-state index in [9.17, 15) is 0 Å². The zero-order valence-corrected chi connectivity index (χ0v) is 15.4. The Morgan fingerprint density at radius 1 is 1.05 bits per heavy atom. The van der Waals surface area contributed by atoms with Gasteiger partial charge in [0.2, 0.25) is 0 Å². The van der Waals surface area contributed by atoms with Crippen molar-refractivity contribution in [1.29, 1.82) is 0 Å². The van der Waals surface area contributed by atoms with Crippen LogP contribution in [-0.2, 0) is 0 Å². The van der Waals surface area contributed by atoms with Crippen molar-refractivity contribution >= 4 is 0 Å². The maximum Gasteiger partial charge on any atom is 0.0109 e. The third kappa shape index (κ3) is 6.66. The maximum absolute atomic E-state index is 6.45. The minimum Gasteiger partial charge on any atom is -0.327 e. The molecule has 1 saturated carbocycles. The lowest BCUT2D eigenvalue weighted by atomic mass is 9.67. The van der Waals surface area contributed by atoms with E-state index in [1.807, 2.05) is 0 Å². The molecule has 1 aliphatic rings. The summed E-state index contributed by atoms with van der Waals surface area (Å²) < 4.78 is 0. The van der Waals surface area contributed by atoms with Gasteiger partial charge in [-0.15, -0.1) is 0 Å². The van der Waals surface area contributed by atoms with E-state index in [1.54, 1.807) is 0 Å². The van der Waals surface area contributed by atoms with Gasteiger partial charge in [-0.2, -0.15) is 0 Å². The molecular formula is C18H39N3. The fourth-order valence-corrected chi connectivity index (χ4v) is 3.57. The van der Waals surface area contributed by atoms with E-state index in [-0.39, 0.29) is 0 Å². The van der Waals surface area contributed by atoms with Crippen LogP contribution in [0, 0.1) is 17.3 Å². The van der Waals surface area contributed by atoms with Gasteiger partial charge in [-0.1, -0.05) is 27.7 Å². The Morgan fingerprint density at radius 2 is 1.71 bits per heavy atom. The van der Waals surface area contributed by atoms with Crippen molar-refractivity contribution in [3.63, 3.8) is 0 Å². The van der Waals surface area contributed by atoms with E-state index in [0.29, 0.717) is 17.4 Å². The minimum atomic E-state index is 0.405. The van der Waals surface area contributed by atoms with Crippen molar-refractivity contribution in [2.45, 2.75) is 59.4 Å². The van der Waals surface area contributed by atoms with E-state index in [1.165, 1.54) is 45.3 Å². The summed E-state index contributed by atoms with van der Waals surface area (Å²) in [5.74, 6) is 1.51. The highest BCUT2D eigenvalue weighted by Gasteiger charge is 2.34. The summed E-state index contributed by atoms with van der Waals surface area (Å²) >= 11 is 0. The van der Waals surface area contributed by atoms with Crippen LogP contribution in [0.2, 0.25) is 0 Å². The molecule has 3 unspecified atom stereocenters. The second kappa shape index (κ2) is 8.50. The number of rotatable bonds is 7. The van der Waals surface area contributed by atoms with Crippen LogP contribution in [0.4, 0.5) is 0 Å². The zero-order chi connectivity index (χ0) is 16.0. The molecule has 0 radical (unpaired) electrons.